The van der Waals surface area contributed by atoms with Crippen LogP contribution in [-0.4, -0.2) is 26.8 Å². The standard InChI is InChI=1S/C10H23NO/c1-4-5-7-10(11-2)8-6-9-12-3/h10-11H,4-9H2,1-3H3. The van der Waals surface area contributed by atoms with Gasteiger partial charge in [0, 0.05) is 19.8 Å². The van der Waals surface area contributed by atoms with Crippen molar-refractivity contribution in [2.75, 3.05) is 20.8 Å². The minimum Gasteiger partial charge on any atom is -0.385 e. The molecule has 0 aliphatic rings. The molecule has 2 heteroatoms. The van der Waals surface area contributed by atoms with Crippen LogP contribution < -0.4 is 5.32 Å². The average molecular weight is 173 g/mol. The van der Waals surface area contributed by atoms with Crippen LogP contribution in [0.15, 0.2) is 0 Å². The summed E-state index contributed by atoms with van der Waals surface area (Å²) < 4.78 is 5.01. The van der Waals surface area contributed by atoms with E-state index in [2.05, 4.69) is 12.2 Å². The molecule has 0 spiro atoms. The van der Waals surface area contributed by atoms with Gasteiger partial charge in [0.1, 0.15) is 0 Å². The molecule has 0 aromatic carbocycles. The fourth-order valence-electron chi connectivity index (χ4n) is 1.36. The molecule has 0 rings (SSSR count). The highest BCUT2D eigenvalue weighted by atomic mass is 16.5. The van der Waals surface area contributed by atoms with Gasteiger partial charge in [0.15, 0.2) is 0 Å². The van der Waals surface area contributed by atoms with E-state index < -0.39 is 0 Å². The van der Waals surface area contributed by atoms with Crippen molar-refractivity contribution in [1.82, 2.24) is 5.32 Å². The minimum absolute atomic E-state index is 0.695. The lowest BCUT2D eigenvalue weighted by Gasteiger charge is -2.14. The first kappa shape index (κ1) is 11.9. The molecule has 0 aliphatic carbocycles. The van der Waals surface area contributed by atoms with Crippen LogP contribution in [0.3, 0.4) is 0 Å². The largest absolute Gasteiger partial charge is 0.385 e. The molecule has 1 atom stereocenters. The maximum Gasteiger partial charge on any atom is 0.0462 e. The molecule has 0 aromatic rings. The van der Waals surface area contributed by atoms with E-state index in [-0.39, 0.29) is 0 Å². The zero-order valence-electron chi connectivity index (χ0n) is 8.73. The van der Waals surface area contributed by atoms with Crippen molar-refractivity contribution in [3.8, 4) is 0 Å². The topological polar surface area (TPSA) is 21.3 Å². The monoisotopic (exact) mass is 173 g/mol. The molecule has 74 valence electrons. The Bertz CT molecular complexity index is 85.9. The lowest BCUT2D eigenvalue weighted by Crippen LogP contribution is -2.25. The summed E-state index contributed by atoms with van der Waals surface area (Å²) in [7, 11) is 3.81. The van der Waals surface area contributed by atoms with E-state index in [9.17, 15) is 0 Å². The maximum absolute atomic E-state index is 5.01. The first-order valence-corrected chi connectivity index (χ1v) is 5.01. The van der Waals surface area contributed by atoms with Crippen LogP contribution in [-0.2, 0) is 4.74 Å². The van der Waals surface area contributed by atoms with Gasteiger partial charge in [-0.2, -0.15) is 0 Å². The molecular formula is C10H23NO. The van der Waals surface area contributed by atoms with Crippen LogP contribution in [0.25, 0.3) is 0 Å². The van der Waals surface area contributed by atoms with E-state index in [1.807, 2.05) is 7.05 Å². The highest BCUT2D eigenvalue weighted by Gasteiger charge is 2.03. The molecule has 1 unspecified atom stereocenters. The van der Waals surface area contributed by atoms with Crippen molar-refractivity contribution in [3.63, 3.8) is 0 Å². The number of nitrogens with one attached hydrogen (secondary N) is 1. The van der Waals surface area contributed by atoms with Gasteiger partial charge in [-0.25, -0.2) is 0 Å². The lowest BCUT2D eigenvalue weighted by atomic mass is 10.1. The third-order valence-electron chi connectivity index (χ3n) is 2.22. The summed E-state index contributed by atoms with van der Waals surface area (Å²) in [4.78, 5) is 0. The van der Waals surface area contributed by atoms with Gasteiger partial charge in [-0.05, 0) is 26.3 Å². The summed E-state index contributed by atoms with van der Waals surface area (Å²) in [6, 6.07) is 0.695. The van der Waals surface area contributed by atoms with Gasteiger partial charge in [0.25, 0.3) is 0 Å². The Hall–Kier alpha value is -0.0800. The Labute approximate surface area is 76.7 Å². The number of hydrogen-bond acceptors (Lipinski definition) is 2. The maximum atomic E-state index is 5.01. The molecule has 0 radical (unpaired) electrons. The van der Waals surface area contributed by atoms with Crippen molar-refractivity contribution >= 4 is 0 Å². The molecule has 1 N–H and O–H groups in total. The highest BCUT2D eigenvalue weighted by molar-refractivity contribution is 4.63. The Morgan fingerprint density at radius 1 is 1.25 bits per heavy atom. The van der Waals surface area contributed by atoms with Gasteiger partial charge in [0.2, 0.25) is 0 Å². The SMILES string of the molecule is CCCCC(CCCOC)NC. The second-order valence-electron chi connectivity index (χ2n) is 3.26. The van der Waals surface area contributed by atoms with E-state index in [4.69, 9.17) is 4.74 Å². The van der Waals surface area contributed by atoms with E-state index in [0.29, 0.717) is 6.04 Å². The zero-order valence-corrected chi connectivity index (χ0v) is 8.73. The summed E-state index contributed by atoms with van der Waals surface area (Å²) >= 11 is 0. The third-order valence-corrected chi connectivity index (χ3v) is 2.22. The van der Waals surface area contributed by atoms with E-state index in [0.717, 1.165) is 6.61 Å². The second kappa shape index (κ2) is 9.01. The molecule has 0 amide bonds. The van der Waals surface area contributed by atoms with Crippen LogP contribution in [0.1, 0.15) is 39.0 Å². The van der Waals surface area contributed by atoms with Crippen LogP contribution in [0.4, 0.5) is 0 Å². The lowest BCUT2D eigenvalue weighted by molar-refractivity contribution is 0.188. The van der Waals surface area contributed by atoms with E-state index in [1.165, 1.54) is 32.1 Å². The predicted octanol–water partition coefficient (Wildman–Crippen LogP) is 2.19. The molecule has 2 nitrogen and oxygen atoms in total. The number of rotatable bonds is 8. The molecule has 0 saturated heterocycles. The number of methoxy groups -OCH3 is 1. The minimum atomic E-state index is 0.695. The van der Waals surface area contributed by atoms with Crippen molar-refractivity contribution in [2.45, 2.75) is 45.1 Å². The number of unbranched alkanes of at least 4 members (excludes halogenated alkanes) is 1. The molecule has 0 heterocycles. The first-order chi connectivity index (χ1) is 5.85. The molecular weight excluding hydrogens is 150 g/mol. The van der Waals surface area contributed by atoms with Crippen LogP contribution in [0.2, 0.25) is 0 Å². The normalized spacial score (nSPS) is 13.2. The molecule has 0 bridgehead atoms. The smallest absolute Gasteiger partial charge is 0.0462 e. The van der Waals surface area contributed by atoms with Gasteiger partial charge in [-0.1, -0.05) is 19.8 Å². The van der Waals surface area contributed by atoms with Crippen molar-refractivity contribution in [2.24, 2.45) is 0 Å². The van der Waals surface area contributed by atoms with Crippen molar-refractivity contribution < 1.29 is 4.74 Å². The third kappa shape index (κ3) is 6.62. The number of hydrogen-bond donors (Lipinski definition) is 1. The summed E-state index contributed by atoms with van der Waals surface area (Å²) in [5.41, 5.74) is 0. The fraction of sp³-hybridized carbons (Fsp3) is 1.00. The molecule has 0 aliphatic heterocycles. The summed E-state index contributed by atoms with van der Waals surface area (Å²) in [6.45, 7) is 3.13. The average Bonchev–Trinajstić information content (AvgIpc) is 2.11. The molecule has 0 fully saturated rings. The van der Waals surface area contributed by atoms with Gasteiger partial charge in [0.05, 0.1) is 0 Å². The summed E-state index contributed by atoms with van der Waals surface area (Å²) in [6.07, 6.45) is 6.34. The Morgan fingerprint density at radius 2 is 1.92 bits per heavy atom. The second-order valence-corrected chi connectivity index (χ2v) is 3.26. The van der Waals surface area contributed by atoms with Crippen molar-refractivity contribution in [1.29, 1.82) is 0 Å². The zero-order chi connectivity index (χ0) is 9.23. The predicted molar refractivity (Wildman–Crippen MR) is 53.5 cm³/mol. The Morgan fingerprint density at radius 3 is 2.42 bits per heavy atom. The van der Waals surface area contributed by atoms with Crippen LogP contribution >= 0.6 is 0 Å². The summed E-state index contributed by atoms with van der Waals surface area (Å²) in [5.74, 6) is 0. The molecule has 0 saturated carbocycles. The first-order valence-electron chi connectivity index (χ1n) is 5.01. The highest BCUT2D eigenvalue weighted by Crippen LogP contribution is 2.06. The Kier molecular flexibility index (Phi) is 8.95. The van der Waals surface area contributed by atoms with Gasteiger partial charge in [-0.15, -0.1) is 0 Å². The van der Waals surface area contributed by atoms with Gasteiger partial charge >= 0.3 is 0 Å². The van der Waals surface area contributed by atoms with E-state index in [1.54, 1.807) is 7.11 Å². The molecule has 0 aromatic heterocycles. The van der Waals surface area contributed by atoms with Gasteiger partial charge in [-0.3, -0.25) is 0 Å². The van der Waals surface area contributed by atoms with Gasteiger partial charge < -0.3 is 10.1 Å². The van der Waals surface area contributed by atoms with Crippen molar-refractivity contribution in [3.05, 3.63) is 0 Å². The summed E-state index contributed by atoms with van der Waals surface area (Å²) in [5, 5.41) is 3.34. The number of ether oxygens (including phenoxy) is 1. The van der Waals surface area contributed by atoms with E-state index >= 15 is 0 Å². The van der Waals surface area contributed by atoms with Crippen LogP contribution in [0.5, 0.6) is 0 Å². The fourth-order valence-corrected chi connectivity index (χ4v) is 1.36. The van der Waals surface area contributed by atoms with Crippen LogP contribution in [0, 0.1) is 0 Å². The quantitative estimate of drug-likeness (QED) is 0.568. The molecule has 12 heavy (non-hydrogen) atoms. The Balaban J connectivity index is 3.26.